The van der Waals surface area contributed by atoms with E-state index in [9.17, 15) is 33.5 Å². The standard InChI is InChI=1S/C20H27FN4O8S/c1-34-6-4-12(22-10-26)18(29)24-5-2-3-13(24)19(30)32-9-15-14(27)7-16(33-15)25-8-11(21)17(28)23-20(25)31/h8,10,12-16,27H,2-7,9H2,1H3,(H,22,26)(H,23,28,31)/t12-,13-,14-,15+,16+/m0/s1. The number of hydrogen-bond donors (Lipinski definition) is 3. The summed E-state index contributed by atoms with van der Waals surface area (Å²) in [5, 5.41) is 12.8. The fourth-order valence-electron chi connectivity index (χ4n) is 4.04. The molecule has 3 N–H and O–H groups in total. The molecule has 1 aromatic rings. The van der Waals surface area contributed by atoms with Gasteiger partial charge in [0, 0.05) is 13.0 Å². The summed E-state index contributed by atoms with van der Waals surface area (Å²) in [6, 6.07) is -1.57. The third kappa shape index (κ3) is 5.85. The summed E-state index contributed by atoms with van der Waals surface area (Å²) in [6.45, 7) is -0.00166. The Morgan fingerprint density at radius 1 is 1.47 bits per heavy atom. The molecule has 2 fully saturated rings. The van der Waals surface area contributed by atoms with E-state index in [1.54, 1.807) is 0 Å². The Kier molecular flexibility index (Phi) is 8.85. The van der Waals surface area contributed by atoms with E-state index < -0.39 is 53.6 Å². The highest BCUT2D eigenvalue weighted by Gasteiger charge is 2.40. The van der Waals surface area contributed by atoms with E-state index in [1.165, 1.54) is 16.7 Å². The number of carbonyl (C=O) groups excluding carboxylic acids is 3. The van der Waals surface area contributed by atoms with Crippen molar-refractivity contribution in [1.82, 2.24) is 19.8 Å². The molecule has 3 rings (SSSR count). The van der Waals surface area contributed by atoms with E-state index in [2.05, 4.69) is 5.32 Å². The van der Waals surface area contributed by atoms with E-state index >= 15 is 0 Å². The topological polar surface area (TPSA) is 160 Å². The molecule has 12 nitrogen and oxygen atoms in total. The summed E-state index contributed by atoms with van der Waals surface area (Å²) < 4.78 is 25.2. The van der Waals surface area contributed by atoms with Crippen LogP contribution in [0.2, 0.25) is 0 Å². The number of H-pyrrole nitrogens is 1. The van der Waals surface area contributed by atoms with Gasteiger partial charge < -0.3 is 24.8 Å². The van der Waals surface area contributed by atoms with E-state index in [0.717, 1.165) is 4.57 Å². The molecule has 0 saturated carbocycles. The number of halogens is 1. The van der Waals surface area contributed by atoms with E-state index in [4.69, 9.17) is 9.47 Å². The second-order valence-electron chi connectivity index (χ2n) is 8.01. The first kappa shape index (κ1) is 25.9. The molecule has 188 valence electrons. The van der Waals surface area contributed by atoms with Crippen molar-refractivity contribution < 1.29 is 33.4 Å². The normalized spacial score (nSPS) is 25.2. The number of aliphatic hydroxyl groups excluding tert-OH is 1. The van der Waals surface area contributed by atoms with Crippen LogP contribution in [0, 0.1) is 5.82 Å². The Morgan fingerprint density at radius 3 is 2.94 bits per heavy atom. The molecule has 0 spiro atoms. The molecule has 5 atom stereocenters. The molecule has 14 heteroatoms. The molecular weight excluding hydrogens is 475 g/mol. The van der Waals surface area contributed by atoms with Crippen LogP contribution in [0.4, 0.5) is 4.39 Å². The summed E-state index contributed by atoms with van der Waals surface area (Å²) in [5.41, 5.74) is -2.07. The SMILES string of the molecule is CSCC[C@H](NC=O)C(=O)N1CCC[C@H]1C(=O)OC[C@H]1O[C@@H](n2cc(F)c(=O)[nH]c2=O)C[C@@H]1O. The highest BCUT2D eigenvalue weighted by Crippen LogP contribution is 2.28. The Balaban J connectivity index is 1.59. The number of rotatable bonds is 10. The number of esters is 1. The van der Waals surface area contributed by atoms with Gasteiger partial charge in [-0.1, -0.05) is 0 Å². The minimum absolute atomic E-state index is 0.0872. The molecule has 2 saturated heterocycles. The first-order valence-corrected chi connectivity index (χ1v) is 12.2. The molecule has 0 radical (unpaired) electrons. The maximum atomic E-state index is 13.6. The number of carbonyl (C=O) groups is 3. The zero-order valence-electron chi connectivity index (χ0n) is 18.5. The molecule has 0 aliphatic carbocycles. The van der Waals surface area contributed by atoms with Gasteiger partial charge in [0.05, 0.1) is 12.3 Å². The Hall–Kier alpha value is -2.71. The van der Waals surface area contributed by atoms with Crippen molar-refractivity contribution in [1.29, 1.82) is 0 Å². The van der Waals surface area contributed by atoms with Crippen molar-refractivity contribution in [3.63, 3.8) is 0 Å². The van der Waals surface area contributed by atoms with Crippen LogP contribution in [0.5, 0.6) is 0 Å². The monoisotopic (exact) mass is 502 g/mol. The summed E-state index contributed by atoms with van der Waals surface area (Å²) >= 11 is 1.53. The van der Waals surface area contributed by atoms with Crippen LogP contribution in [-0.2, 0) is 23.9 Å². The number of nitrogens with one attached hydrogen (secondary N) is 2. The maximum absolute atomic E-state index is 13.6. The van der Waals surface area contributed by atoms with Gasteiger partial charge in [-0.05, 0) is 31.3 Å². The lowest BCUT2D eigenvalue weighted by molar-refractivity contribution is -0.159. The van der Waals surface area contributed by atoms with Gasteiger partial charge >= 0.3 is 11.7 Å². The van der Waals surface area contributed by atoms with E-state index in [0.29, 0.717) is 44.2 Å². The zero-order valence-corrected chi connectivity index (χ0v) is 19.3. The molecule has 3 heterocycles. The Labute approximate surface area is 197 Å². The molecular formula is C20H27FN4O8S. The van der Waals surface area contributed by atoms with Crippen molar-refractivity contribution in [2.75, 3.05) is 25.2 Å². The number of nitrogens with zero attached hydrogens (tertiary/aromatic N) is 2. The third-order valence-electron chi connectivity index (χ3n) is 5.81. The van der Waals surface area contributed by atoms with Gasteiger partial charge in [0.1, 0.15) is 31.0 Å². The van der Waals surface area contributed by atoms with Crippen molar-refractivity contribution in [2.24, 2.45) is 0 Å². The number of aromatic nitrogens is 2. The van der Waals surface area contributed by atoms with Crippen molar-refractivity contribution >= 4 is 30.0 Å². The number of ether oxygens (including phenoxy) is 2. The lowest BCUT2D eigenvalue weighted by atomic mass is 10.1. The lowest BCUT2D eigenvalue weighted by Crippen LogP contribution is -2.50. The van der Waals surface area contributed by atoms with Crippen LogP contribution < -0.4 is 16.6 Å². The van der Waals surface area contributed by atoms with Gasteiger partial charge in [-0.3, -0.25) is 23.9 Å². The summed E-state index contributed by atoms with van der Waals surface area (Å²) in [7, 11) is 0. The molecule has 0 aromatic carbocycles. The number of aromatic amines is 1. The molecule has 1 aromatic heterocycles. The first-order chi connectivity index (χ1) is 16.3. The van der Waals surface area contributed by atoms with Crippen LogP contribution in [0.1, 0.15) is 31.9 Å². The predicted octanol–water partition coefficient (Wildman–Crippen LogP) is -1.27. The van der Waals surface area contributed by atoms with Gasteiger partial charge in [-0.25, -0.2) is 9.59 Å². The highest BCUT2D eigenvalue weighted by atomic mass is 32.2. The molecule has 2 aliphatic heterocycles. The number of thioether (sulfide) groups is 1. The summed E-state index contributed by atoms with van der Waals surface area (Å²) in [6.07, 6.45) is 1.18. The minimum atomic E-state index is -1.18. The van der Waals surface area contributed by atoms with Crippen LogP contribution >= 0.6 is 11.8 Å². The average molecular weight is 503 g/mol. The number of likely N-dealkylation sites (tertiary alicyclic amines) is 1. The Bertz CT molecular complexity index is 1020. The van der Waals surface area contributed by atoms with Crippen molar-refractivity contribution in [2.45, 2.75) is 56.2 Å². The largest absolute Gasteiger partial charge is 0.461 e. The van der Waals surface area contributed by atoms with Gasteiger partial charge in [0.25, 0.3) is 5.56 Å². The fourth-order valence-corrected chi connectivity index (χ4v) is 4.51. The summed E-state index contributed by atoms with van der Waals surface area (Å²) in [5.74, 6) is -1.57. The van der Waals surface area contributed by atoms with Crippen LogP contribution in [0.15, 0.2) is 15.8 Å². The van der Waals surface area contributed by atoms with Crippen LogP contribution in [0.3, 0.4) is 0 Å². The van der Waals surface area contributed by atoms with E-state index in [-0.39, 0.29) is 18.9 Å². The summed E-state index contributed by atoms with van der Waals surface area (Å²) in [4.78, 5) is 62.8. The van der Waals surface area contributed by atoms with Gasteiger partial charge in [-0.2, -0.15) is 16.2 Å². The zero-order chi connectivity index (χ0) is 24.8. The highest BCUT2D eigenvalue weighted by molar-refractivity contribution is 7.98. The third-order valence-corrected chi connectivity index (χ3v) is 6.46. The molecule has 0 bridgehead atoms. The van der Waals surface area contributed by atoms with Gasteiger partial charge in [0.15, 0.2) is 0 Å². The fraction of sp³-hybridized carbons (Fsp3) is 0.650. The smallest absolute Gasteiger partial charge is 0.330 e. The first-order valence-electron chi connectivity index (χ1n) is 10.8. The van der Waals surface area contributed by atoms with Gasteiger partial charge in [-0.15, -0.1) is 0 Å². The predicted molar refractivity (Wildman–Crippen MR) is 117 cm³/mol. The van der Waals surface area contributed by atoms with Crippen molar-refractivity contribution in [3.05, 3.63) is 32.9 Å². The quantitative estimate of drug-likeness (QED) is 0.262. The van der Waals surface area contributed by atoms with E-state index in [1.807, 2.05) is 11.2 Å². The number of aliphatic hydroxyl groups is 1. The molecule has 34 heavy (non-hydrogen) atoms. The number of amides is 2. The second-order valence-corrected chi connectivity index (χ2v) is 9.00. The lowest BCUT2D eigenvalue weighted by Gasteiger charge is -2.28. The van der Waals surface area contributed by atoms with Crippen LogP contribution in [0.25, 0.3) is 0 Å². The molecule has 0 unspecified atom stereocenters. The molecule has 2 amide bonds. The van der Waals surface area contributed by atoms with Crippen LogP contribution in [-0.4, -0.2) is 87.3 Å². The average Bonchev–Trinajstić information content (AvgIpc) is 3.44. The van der Waals surface area contributed by atoms with Gasteiger partial charge in [0.2, 0.25) is 18.1 Å². The second kappa shape index (κ2) is 11.6. The Morgan fingerprint density at radius 2 is 2.24 bits per heavy atom. The maximum Gasteiger partial charge on any atom is 0.330 e. The van der Waals surface area contributed by atoms with Crippen molar-refractivity contribution in [3.8, 4) is 0 Å². The molecule has 2 aliphatic rings. The minimum Gasteiger partial charge on any atom is -0.461 e. The number of hydrogen-bond acceptors (Lipinski definition) is 9.